The largest absolute Gasteiger partial charge is 0.856 e. The van der Waals surface area contributed by atoms with Crippen LogP contribution in [0.2, 0.25) is 0 Å². The fraction of sp³-hybridized carbons (Fsp3) is 0.583. The van der Waals surface area contributed by atoms with Crippen molar-refractivity contribution in [2.24, 2.45) is 0 Å². The van der Waals surface area contributed by atoms with Gasteiger partial charge < -0.3 is 25.8 Å². The average molecular weight is 295 g/mol. The minimum absolute atomic E-state index is 0.104. The van der Waals surface area contributed by atoms with Crippen molar-refractivity contribution in [1.29, 1.82) is 0 Å². The predicted octanol–water partition coefficient (Wildman–Crippen LogP) is -1.96. The zero-order chi connectivity index (χ0) is 15.1. The molecule has 0 saturated carbocycles. The van der Waals surface area contributed by atoms with Crippen LogP contribution in [0.25, 0.3) is 11.2 Å². The minimum Gasteiger partial charge on any atom is -0.856 e. The van der Waals surface area contributed by atoms with Crippen LogP contribution < -0.4 is 15.4 Å². The molecule has 2 aromatic rings. The Bertz CT molecular complexity index is 673. The van der Waals surface area contributed by atoms with Crippen molar-refractivity contribution in [3.8, 4) is 5.88 Å². The Morgan fingerprint density at radius 1 is 1.57 bits per heavy atom. The van der Waals surface area contributed by atoms with Crippen LogP contribution in [0.15, 0.2) is 6.33 Å². The van der Waals surface area contributed by atoms with Gasteiger partial charge in [0, 0.05) is 12.3 Å². The van der Waals surface area contributed by atoms with Gasteiger partial charge in [0.2, 0.25) is 0 Å². The lowest BCUT2D eigenvalue weighted by Crippen LogP contribution is -2.39. The molecule has 0 aliphatic carbocycles. The number of rotatable bonds is 3. The summed E-state index contributed by atoms with van der Waals surface area (Å²) in [6.45, 7) is 2.18. The summed E-state index contributed by atoms with van der Waals surface area (Å²) in [4.78, 5) is 7.75. The number of fused-ring (bicyclic) bond motifs is 1. The van der Waals surface area contributed by atoms with E-state index in [1.54, 1.807) is 15.5 Å². The van der Waals surface area contributed by atoms with E-state index in [0.717, 1.165) is 0 Å². The molecule has 1 aliphatic heterocycles. The van der Waals surface area contributed by atoms with Crippen molar-refractivity contribution in [1.82, 2.24) is 14.5 Å². The van der Waals surface area contributed by atoms with Crippen LogP contribution in [0, 0.1) is 0 Å². The smallest absolute Gasteiger partial charge is 0.309 e. The van der Waals surface area contributed by atoms with Crippen LogP contribution in [0.1, 0.15) is 19.6 Å². The summed E-state index contributed by atoms with van der Waals surface area (Å²) in [6, 6.07) is 0. The first-order valence-corrected chi connectivity index (χ1v) is 6.74. The van der Waals surface area contributed by atoms with Crippen molar-refractivity contribution in [3.05, 3.63) is 6.33 Å². The predicted molar refractivity (Wildman–Crippen MR) is 68.9 cm³/mol. The molecule has 3 atom stereocenters. The molecule has 1 fully saturated rings. The lowest BCUT2D eigenvalue weighted by molar-refractivity contribution is -0.739. The van der Waals surface area contributed by atoms with Crippen LogP contribution in [0.5, 0.6) is 5.88 Å². The molecule has 4 N–H and O–H groups in total. The number of hydrogen-bond donors (Lipinski definition) is 3. The van der Waals surface area contributed by atoms with Gasteiger partial charge in [-0.1, -0.05) is 4.98 Å². The molecule has 0 aromatic carbocycles. The number of nitrogens with two attached hydrogens (primary N) is 1. The topological polar surface area (TPSA) is 133 Å². The van der Waals surface area contributed by atoms with E-state index >= 15 is 0 Å². The molecule has 21 heavy (non-hydrogen) atoms. The first-order valence-electron chi connectivity index (χ1n) is 6.74. The summed E-state index contributed by atoms with van der Waals surface area (Å²) < 4.78 is 8.96. The SMILES string of the molecule is CCn1c[n+]([C@H]2C[C@H](O)[C@@H](CO)O2)c2nc(N)nc([O-])c21. The fourth-order valence-corrected chi connectivity index (χ4v) is 2.63. The van der Waals surface area contributed by atoms with Gasteiger partial charge in [-0.05, 0) is 6.92 Å². The highest BCUT2D eigenvalue weighted by Gasteiger charge is 2.38. The summed E-state index contributed by atoms with van der Waals surface area (Å²) in [5, 5.41) is 31.0. The molecular weight excluding hydrogens is 278 g/mol. The van der Waals surface area contributed by atoms with Gasteiger partial charge >= 0.3 is 5.65 Å². The molecule has 114 valence electrons. The van der Waals surface area contributed by atoms with Crippen molar-refractivity contribution in [3.63, 3.8) is 0 Å². The first-order chi connectivity index (χ1) is 10.0. The van der Waals surface area contributed by atoms with Gasteiger partial charge in [0.25, 0.3) is 5.95 Å². The van der Waals surface area contributed by atoms with E-state index in [9.17, 15) is 10.2 Å². The number of aryl methyl sites for hydroxylation is 1. The number of ether oxygens (including phenoxy) is 1. The molecule has 0 spiro atoms. The number of nitrogen functional groups attached to an aromatic ring is 1. The van der Waals surface area contributed by atoms with Gasteiger partial charge in [0.05, 0.1) is 19.3 Å². The molecule has 0 amide bonds. The summed E-state index contributed by atoms with van der Waals surface area (Å²) in [5.74, 6) is -0.553. The number of aliphatic hydroxyl groups is 2. The third-order valence-corrected chi connectivity index (χ3v) is 3.68. The zero-order valence-corrected chi connectivity index (χ0v) is 11.5. The van der Waals surface area contributed by atoms with Gasteiger partial charge in [-0.15, -0.1) is 0 Å². The van der Waals surface area contributed by atoms with Crippen molar-refractivity contribution in [2.75, 3.05) is 12.3 Å². The number of hydrogen-bond acceptors (Lipinski definition) is 7. The van der Waals surface area contributed by atoms with Crippen LogP contribution in [-0.4, -0.2) is 43.6 Å². The van der Waals surface area contributed by atoms with Gasteiger partial charge in [-0.3, -0.25) is 4.57 Å². The maximum absolute atomic E-state index is 12.0. The molecule has 0 radical (unpaired) electrons. The molecule has 0 unspecified atom stereocenters. The van der Waals surface area contributed by atoms with E-state index < -0.39 is 24.3 Å². The van der Waals surface area contributed by atoms with Gasteiger partial charge in [0.1, 0.15) is 6.10 Å². The monoisotopic (exact) mass is 295 g/mol. The third kappa shape index (κ3) is 2.19. The van der Waals surface area contributed by atoms with E-state index in [1.165, 1.54) is 0 Å². The summed E-state index contributed by atoms with van der Waals surface area (Å²) in [5.41, 5.74) is 6.26. The van der Waals surface area contributed by atoms with E-state index in [1.807, 2.05) is 6.92 Å². The summed E-state index contributed by atoms with van der Waals surface area (Å²) in [6.07, 6.45) is 0.0711. The second kappa shape index (κ2) is 5.10. The number of imidazole rings is 1. The third-order valence-electron chi connectivity index (χ3n) is 3.68. The Morgan fingerprint density at radius 2 is 2.33 bits per heavy atom. The van der Waals surface area contributed by atoms with Crippen LogP contribution in [0.3, 0.4) is 0 Å². The molecule has 9 heteroatoms. The lowest BCUT2D eigenvalue weighted by atomic mass is 10.2. The van der Waals surface area contributed by atoms with Crippen molar-refractivity contribution >= 4 is 17.1 Å². The van der Waals surface area contributed by atoms with E-state index in [-0.39, 0.29) is 12.6 Å². The Labute approximate surface area is 120 Å². The Balaban J connectivity index is 2.11. The molecule has 1 aliphatic rings. The molecular formula is C12H17N5O4. The Hall–Kier alpha value is -1.97. The van der Waals surface area contributed by atoms with Gasteiger partial charge in [-0.25, -0.2) is 9.55 Å². The fourth-order valence-electron chi connectivity index (χ4n) is 2.63. The highest BCUT2D eigenvalue weighted by atomic mass is 16.5. The van der Waals surface area contributed by atoms with Gasteiger partial charge in [-0.2, -0.15) is 0 Å². The van der Waals surface area contributed by atoms with E-state index in [2.05, 4.69) is 9.97 Å². The van der Waals surface area contributed by atoms with Crippen LogP contribution >= 0.6 is 0 Å². The molecule has 2 aromatic heterocycles. The van der Waals surface area contributed by atoms with E-state index in [0.29, 0.717) is 24.1 Å². The second-order valence-electron chi connectivity index (χ2n) is 4.98. The van der Waals surface area contributed by atoms with Crippen LogP contribution in [0.4, 0.5) is 5.95 Å². The normalized spacial score (nSPS) is 25.8. The summed E-state index contributed by atoms with van der Waals surface area (Å²) in [7, 11) is 0. The highest BCUT2D eigenvalue weighted by molar-refractivity contribution is 5.74. The molecule has 0 bridgehead atoms. The lowest BCUT2D eigenvalue weighted by Gasteiger charge is -2.10. The number of aliphatic hydroxyl groups excluding tert-OH is 2. The molecule has 3 rings (SSSR count). The molecule has 3 heterocycles. The molecule has 1 saturated heterocycles. The zero-order valence-electron chi connectivity index (χ0n) is 11.5. The number of anilines is 1. The van der Waals surface area contributed by atoms with Crippen LogP contribution in [-0.2, 0) is 11.3 Å². The standard InChI is InChI=1S/C12H17N5O4/c1-2-16-5-17(8-3-6(19)7(4-18)21-8)10-9(16)11(20)15-12(13)14-10/h5-8,18-19H,2-4H2,1H3,(H2-,13,14,15,20)/t6-,7+,8+/m0/s1. The quantitative estimate of drug-likeness (QED) is 0.559. The maximum atomic E-state index is 12.0. The van der Waals surface area contributed by atoms with Crippen molar-refractivity contribution in [2.45, 2.75) is 38.3 Å². The van der Waals surface area contributed by atoms with E-state index in [4.69, 9.17) is 15.6 Å². The minimum atomic E-state index is -0.765. The highest BCUT2D eigenvalue weighted by Crippen LogP contribution is 2.27. The van der Waals surface area contributed by atoms with Crippen molar-refractivity contribution < 1.29 is 24.6 Å². The average Bonchev–Trinajstić information content (AvgIpc) is 2.98. The first kappa shape index (κ1) is 14.0. The Morgan fingerprint density at radius 3 is 2.95 bits per heavy atom. The van der Waals surface area contributed by atoms with Gasteiger partial charge in [0.15, 0.2) is 18.1 Å². The Kier molecular flexibility index (Phi) is 3.40. The second-order valence-corrected chi connectivity index (χ2v) is 4.98. The summed E-state index contributed by atoms with van der Waals surface area (Å²) >= 11 is 0. The molecule has 9 nitrogen and oxygen atoms in total. The number of aromatic nitrogens is 4. The maximum Gasteiger partial charge on any atom is 0.309 e. The number of nitrogens with zero attached hydrogens (tertiary/aromatic N) is 4.